The molecule has 0 radical (unpaired) electrons. The van der Waals surface area contributed by atoms with Crippen molar-refractivity contribution in [2.75, 3.05) is 0 Å². The van der Waals surface area contributed by atoms with Crippen LogP contribution in [0, 0.1) is 0 Å². The van der Waals surface area contributed by atoms with Crippen molar-refractivity contribution >= 4 is 14.1 Å². The summed E-state index contributed by atoms with van der Waals surface area (Å²) in [6.07, 6.45) is -4.27. The lowest BCUT2D eigenvalue weighted by Gasteiger charge is -2.13. The normalized spacial score (nSPS) is 17.5. The van der Waals surface area contributed by atoms with Gasteiger partial charge in [0.2, 0.25) is 0 Å². The van der Waals surface area contributed by atoms with Crippen LogP contribution in [-0.2, 0) is 13.9 Å². The van der Waals surface area contributed by atoms with Crippen LogP contribution in [0.1, 0.15) is 0 Å². The maximum absolute atomic E-state index is 9.95. The minimum absolute atomic E-state index is 0.111. The Labute approximate surface area is 61.5 Å². The van der Waals surface area contributed by atoms with Crippen LogP contribution >= 0.6 is 7.82 Å². The number of aldehydes is 1. The van der Waals surface area contributed by atoms with E-state index in [2.05, 4.69) is 4.52 Å². The molecule has 0 spiro atoms. The molecule has 0 rings (SSSR count). The van der Waals surface area contributed by atoms with E-state index in [1.165, 1.54) is 0 Å². The van der Waals surface area contributed by atoms with Crippen molar-refractivity contribution in [3.8, 4) is 0 Å². The lowest BCUT2D eigenvalue weighted by atomic mass is 10.4. The fourth-order valence-corrected chi connectivity index (χ4v) is 0.676. The minimum atomic E-state index is -4.86. The molecule has 0 heterocycles. The molecule has 11 heavy (non-hydrogen) atoms. The quantitative estimate of drug-likeness (QED) is 0.227. The molecular formula is C3H7O7P. The van der Waals surface area contributed by atoms with Gasteiger partial charge in [-0.2, -0.15) is 0 Å². The summed E-state index contributed by atoms with van der Waals surface area (Å²) in [7, 11) is -4.86. The summed E-state index contributed by atoms with van der Waals surface area (Å²) in [5.74, 6) is 0. The SMILES string of the molecule is O=CC(O)C(O)OP(=O)(O)O. The van der Waals surface area contributed by atoms with Crippen molar-refractivity contribution in [2.45, 2.75) is 12.4 Å². The number of hydrogen-bond acceptors (Lipinski definition) is 5. The zero-order valence-electron chi connectivity index (χ0n) is 5.19. The molecule has 66 valence electrons. The molecule has 7 nitrogen and oxygen atoms in total. The molecule has 4 N–H and O–H groups in total. The van der Waals surface area contributed by atoms with Crippen LogP contribution < -0.4 is 0 Å². The lowest BCUT2D eigenvalue weighted by molar-refractivity contribution is -0.139. The van der Waals surface area contributed by atoms with Crippen LogP contribution in [0.2, 0.25) is 0 Å². The second kappa shape index (κ2) is 3.91. The monoisotopic (exact) mass is 186 g/mol. The van der Waals surface area contributed by atoms with E-state index in [-0.39, 0.29) is 6.29 Å². The van der Waals surface area contributed by atoms with Crippen molar-refractivity contribution in [3.05, 3.63) is 0 Å². The zero-order valence-corrected chi connectivity index (χ0v) is 6.09. The van der Waals surface area contributed by atoms with Crippen LogP contribution in [0.3, 0.4) is 0 Å². The second-order valence-corrected chi connectivity index (χ2v) is 2.81. The zero-order chi connectivity index (χ0) is 9.07. The molecular weight excluding hydrogens is 179 g/mol. The standard InChI is InChI=1S/C3H7O7P/c4-1-2(5)3(6)10-11(7,8)9/h1-3,5-6H,(H2,7,8,9). The summed E-state index contributed by atoms with van der Waals surface area (Å²) in [5.41, 5.74) is 0. The van der Waals surface area contributed by atoms with Crippen LogP contribution in [0.5, 0.6) is 0 Å². The van der Waals surface area contributed by atoms with Gasteiger partial charge in [0.05, 0.1) is 0 Å². The molecule has 2 unspecified atom stereocenters. The van der Waals surface area contributed by atoms with Gasteiger partial charge in [0.15, 0.2) is 18.7 Å². The number of carbonyl (C=O) groups excluding carboxylic acids is 1. The summed E-state index contributed by atoms with van der Waals surface area (Å²) in [5, 5.41) is 16.9. The van der Waals surface area contributed by atoms with Gasteiger partial charge in [-0.05, 0) is 0 Å². The maximum Gasteiger partial charge on any atom is 0.472 e. The third-order valence-corrected chi connectivity index (χ3v) is 1.17. The Morgan fingerprint density at radius 3 is 2.09 bits per heavy atom. The van der Waals surface area contributed by atoms with Crippen molar-refractivity contribution in [3.63, 3.8) is 0 Å². The molecule has 0 aromatic rings. The Hall–Kier alpha value is -0.300. The summed E-state index contributed by atoms with van der Waals surface area (Å²) in [6, 6.07) is 0. The molecule has 0 bridgehead atoms. The molecule has 8 heteroatoms. The second-order valence-electron chi connectivity index (χ2n) is 1.61. The van der Waals surface area contributed by atoms with Gasteiger partial charge in [0.25, 0.3) is 0 Å². The Morgan fingerprint density at radius 2 is 1.82 bits per heavy atom. The lowest BCUT2D eigenvalue weighted by Crippen LogP contribution is -2.28. The molecule has 0 aromatic heterocycles. The van der Waals surface area contributed by atoms with E-state index < -0.39 is 20.2 Å². The van der Waals surface area contributed by atoms with Gasteiger partial charge in [-0.3, -0.25) is 4.52 Å². The van der Waals surface area contributed by atoms with E-state index >= 15 is 0 Å². The third-order valence-electron chi connectivity index (χ3n) is 0.677. The van der Waals surface area contributed by atoms with Gasteiger partial charge in [0, 0.05) is 0 Å². The highest BCUT2D eigenvalue weighted by atomic mass is 31.2. The first-order valence-corrected chi connectivity index (χ1v) is 3.95. The number of aliphatic hydroxyl groups is 2. The first-order valence-electron chi connectivity index (χ1n) is 2.42. The fraction of sp³-hybridized carbons (Fsp3) is 0.667. The Morgan fingerprint density at radius 1 is 1.36 bits per heavy atom. The van der Waals surface area contributed by atoms with Crippen LogP contribution in [-0.4, -0.2) is 38.7 Å². The fourth-order valence-electron chi connectivity index (χ4n) is 0.270. The minimum Gasteiger partial charge on any atom is -0.380 e. The number of aliphatic hydroxyl groups excluding tert-OH is 2. The number of phosphoric ester groups is 1. The van der Waals surface area contributed by atoms with Crippen molar-refractivity contribution in [1.82, 2.24) is 0 Å². The molecule has 0 aliphatic carbocycles. The van der Waals surface area contributed by atoms with Crippen LogP contribution in [0.25, 0.3) is 0 Å². The topological polar surface area (TPSA) is 124 Å². The van der Waals surface area contributed by atoms with E-state index in [4.69, 9.17) is 20.0 Å². The summed E-state index contributed by atoms with van der Waals surface area (Å²) in [4.78, 5) is 25.8. The average molecular weight is 186 g/mol. The first kappa shape index (κ1) is 10.7. The summed E-state index contributed by atoms with van der Waals surface area (Å²) < 4.78 is 13.5. The van der Waals surface area contributed by atoms with Gasteiger partial charge in [-0.1, -0.05) is 0 Å². The van der Waals surface area contributed by atoms with E-state index in [0.717, 1.165) is 0 Å². The first-order chi connectivity index (χ1) is 4.87. The van der Waals surface area contributed by atoms with Crippen molar-refractivity contribution in [2.24, 2.45) is 0 Å². The van der Waals surface area contributed by atoms with Crippen LogP contribution in [0.4, 0.5) is 0 Å². The Bertz CT molecular complexity index is 173. The molecule has 0 aromatic carbocycles. The number of carbonyl (C=O) groups is 1. The third kappa shape index (κ3) is 5.02. The summed E-state index contributed by atoms with van der Waals surface area (Å²) >= 11 is 0. The van der Waals surface area contributed by atoms with Crippen molar-refractivity contribution < 1.29 is 33.9 Å². The molecule has 0 fully saturated rings. The van der Waals surface area contributed by atoms with Gasteiger partial charge in [-0.25, -0.2) is 4.57 Å². The average Bonchev–Trinajstić information content (AvgIpc) is 1.82. The highest BCUT2D eigenvalue weighted by molar-refractivity contribution is 7.46. The maximum atomic E-state index is 9.95. The molecule has 0 saturated heterocycles. The Balaban J connectivity index is 3.97. The number of hydrogen-bond donors (Lipinski definition) is 4. The predicted molar refractivity (Wildman–Crippen MR) is 31.2 cm³/mol. The van der Waals surface area contributed by atoms with E-state index in [9.17, 15) is 9.36 Å². The molecule has 0 aliphatic rings. The summed E-state index contributed by atoms with van der Waals surface area (Å²) in [6.45, 7) is 0. The van der Waals surface area contributed by atoms with Gasteiger partial charge >= 0.3 is 7.82 Å². The Kier molecular flexibility index (Phi) is 3.81. The molecule has 0 amide bonds. The van der Waals surface area contributed by atoms with Gasteiger partial charge < -0.3 is 24.8 Å². The number of phosphoric acid groups is 1. The van der Waals surface area contributed by atoms with E-state index in [1.807, 2.05) is 0 Å². The van der Waals surface area contributed by atoms with Crippen molar-refractivity contribution in [1.29, 1.82) is 0 Å². The van der Waals surface area contributed by atoms with Crippen LogP contribution in [0.15, 0.2) is 0 Å². The predicted octanol–water partition coefficient (Wildman–Crippen LogP) is -2.03. The molecule has 0 saturated carbocycles. The van der Waals surface area contributed by atoms with Gasteiger partial charge in [0.1, 0.15) is 0 Å². The molecule has 2 atom stereocenters. The highest BCUT2D eigenvalue weighted by Crippen LogP contribution is 2.37. The number of rotatable bonds is 4. The van der Waals surface area contributed by atoms with E-state index in [1.54, 1.807) is 0 Å². The smallest absolute Gasteiger partial charge is 0.380 e. The van der Waals surface area contributed by atoms with Gasteiger partial charge in [-0.15, -0.1) is 0 Å². The molecule has 0 aliphatic heterocycles. The largest absolute Gasteiger partial charge is 0.472 e. The van der Waals surface area contributed by atoms with E-state index in [0.29, 0.717) is 0 Å². The highest BCUT2D eigenvalue weighted by Gasteiger charge is 2.25.